The molecular formula is C17H23N5O2S. The highest BCUT2D eigenvalue weighted by atomic mass is 32.1. The van der Waals surface area contributed by atoms with Crippen molar-refractivity contribution < 1.29 is 9.53 Å². The molecule has 0 spiro atoms. The minimum atomic E-state index is -0.00980. The van der Waals surface area contributed by atoms with Crippen molar-refractivity contribution in [1.29, 1.82) is 0 Å². The van der Waals surface area contributed by atoms with Crippen LogP contribution < -0.4 is 5.32 Å². The van der Waals surface area contributed by atoms with Gasteiger partial charge in [-0.25, -0.2) is 4.79 Å². The molecule has 8 heteroatoms. The Labute approximate surface area is 151 Å². The Balaban J connectivity index is 1.33. The number of carbonyl (C=O) groups excluding carboxylic acids is 1. The lowest BCUT2D eigenvalue weighted by Gasteiger charge is -2.31. The van der Waals surface area contributed by atoms with E-state index >= 15 is 0 Å². The number of nitrogens with zero attached hydrogens (tertiary/aromatic N) is 4. The largest absolute Gasteiger partial charge is 0.372 e. The number of rotatable bonds is 6. The fourth-order valence-electron chi connectivity index (χ4n) is 2.74. The zero-order chi connectivity index (χ0) is 17.5. The Morgan fingerprint density at radius 2 is 2.20 bits per heavy atom. The van der Waals surface area contributed by atoms with Crippen LogP contribution in [0, 0.1) is 6.92 Å². The van der Waals surface area contributed by atoms with Gasteiger partial charge in [-0.2, -0.15) is 0 Å². The molecule has 0 bridgehead atoms. The van der Waals surface area contributed by atoms with E-state index in [0.717, 1.165) is 48.1 Å². The number of hydrogen-bond acceptors (Lipinski definition) is 6. The maximum absolute atomic E-state index is 12.2. The fraction of sp³-hybridized carbons (Fsp3) is 0.529. The predicted molar refractivity (Wildman–Crippen MR) is 95.4 cm³/mol. The van der Waals surface area contributed by atoms with Crippen molar-refractivity contribution in [3.63, 3.8) is 0 Å². The lowest BCUT2D eigenvalue weighted by Crippen LogP contribution is -2.46. The van der Waals surface area contributed by atoms with Crippen LogP contribution in [0.5, 0.6) is 0 Å². The van der Waals surface area contributed by atoms with Gasteiger partial charge in [-0.15, -0.1) is 21.5 Å². The molecular weight excluding hydrogens is 338 g/mol. The zero-order valence-electron chi connectivity index (χ0n) is 14.4. The number of ether oxygens (including phenoxy) is 1. The molecule has 1 aliphatic heterocycles. The minimum Gasteiger partial charge on any atom is -0.372 e. The van der Waals surface area contributed by atoms with E-state index in [4.69, 9.17) is 4.74 Å². The highest BCUT2D eigenvalue weighted by molar-refractivity contribution is 7.11. The van der Waals surface area contributed by atoms with Gasteiger partial charge >= 0.3 is 6.03 Å². The SMILES string of the molecule is Cc1nnc(CCNC(=O)N2CCC(OCc3ccccn3)CC2)s1. The van der Waals surface area contributed by atoms with Gasteiger partial charge in [0.05, 0.1) is 18.4 Å². The summed E-state index contributed by atoms with van der Waals surface area (Å²) in [5.41, 5.74) is 0.939. The first kappa shape index (κ1) is 17.8. The fourth-order valence-corrected chi connectivity index (χ4v) is 3.45. The Kier molecular flexibility index (Phi) is 6.30. The topological polar surface area (TPSA) is 80.2 Å². The number of likely N-dealkylation sites (tertiary alicyclic amines) is 1. The Morgan fingerprint density at radius 3 is 2.88 bits per heavy atom. The average Bonchev–Trinajstić information content (AvgIpc) is 3.06. The van der Waals surface area contributed by atoms with Crippen LogP contribution in [-0.4, -0.2) is 51.9 Å². The Bertz CT molecular complexity index is 671. The summed E-state index contributed by atoms with van der Waals surface area (Å²) in [6.45, 7) is 4.48. The van der Waals surface area contributed by atoms with Crippen molar-refractivity contribution in [3.05, 3.63) is 40.1 Å². The molecule has 0 saturated carbocycles. The van der Waals surface area contributed by atoms with E-state index in [1.54, 1.807) is 17.5 Å². The van der Waals surface area contributed by atoms with Gasteiger partial charge in [0, 0.05) is 32.3 Å². The number of amides is 2. The lowest BCUT2D eigenvalue weighted by atomic mass is 10.1. The monoisotopic (exact) mass is 361 g/mol. The molecule has 0 aromatic carbocycles. The van der Waals surface area contributed by atoms with Gasteiger partial charge in [0.25, 0.3) is 0 Å². The van der Waals surface area contributed by atoms with Gasteiger partial charge < -0.3 is 15.0 Å². The molecule has 0 radical (unpaired) electrons. The molecule has 1 N–H and O–H groups in total. The summed E-state index contributed by atoms with van der Waals surface area (Å²) in [6, 6.07) is 5.81. The molecule has 0 unspecified atom stereocenters. The summed E-state index contributed by atoms with van der Waals surface area (Å²) >= 11 is 1.57. The van der Waals surface area contributed by atoms with E-state index < -0.39 is 0 Å². The molecule has 25 heavy (non-hydrogen) atoms. The first-order valence-corrected chi connectivity index (χ1v) is 9.35. The van der Waals surface area contributed by atoms with Crippen LogP contribution in [0.1, 0.15) is 28.6 Å². The maximum Gasteiger partial charge on any atom is 0.317 e. The van der Waals surface area contributed by atoms with Crippen molar-refractivity contribution in [2.24, 2.45) is 0 Å². The van der Waals surface area contributed by atoms with Crippen molar-refractivity contribution in [2.45, 2.75) is 38.9 Å². The number of hydrogen-bond donors (Lipinski definition) is 1. The molecule has 0 aliphatic carbocycles. The van der Waals surface area contributed by atoms with E-state index in [1.165, 1.54) is 0 Å². The molecule has 1 aliphatic rings. The van der Waals surface area contributed by atoms with E-state index in [2.05, 4.69) is 20.5 Å². The molecule has 3 heterocycles. The van der Waals surface area contributed by atoms with E-state index in [-0.39, 0.29) is 12.1 Å². The van der Waals surface area contributed by atoms with E-state index in [0.29, 0.717) is 13.2 Å². The lowest BCUT2D eigenvalue weighted by molar-refractivity contribution is 0.00310. The van der Waals surface area contributed by atoms with Gasteiger partial charge in [0.1, 0.15) is 10.0 Å². The third kappa shape index (κ3) is 5.47. The van der Waals surface area contributed by atoms with Crippen LogP contribution in [0.25, 0.3) is 0 Å². The molecule has 2 aromatic heterocycles. The predicted octanol–water partition coefficient (Wildman–Crippen LogP) is 2.17. The van der Waals surface area contributed by atoms with E-state index in [9.17, 15) is 4.79 Å². The van der Waals surface area contributed by atoms with Gasteiger partial charge in [0.15, 0.2) is 0 Å². The molecule has 2 aromatic rings. The summed E-state index contributed by atoms with van der Waals surface area (Å²) in [6.07, 6.45) is 4.40. The molecule has 134 valence electrons. The van der Waals surface area contributed by atoms with Crippen molar-refractivity contribution in [1.82, 2.24) is 25.4 Å². The third-order valence-corrected chi connectivity index (χ3v) is 5.00. The highest BCUT2D eigenvalue weighted by Gasteiger charge is 2.23. The minimum absolute atomic E-state index is 0.00980. The van der Waals surface area contributed by atoms with E-state index in [1.807, 2.05) is 30.0 Å². The molecule has 2 amide bonds. The summed E-state index contributed by atoms with van der Waals surface area (Å²) in [7, 11) is 0. The molecule has 3 rings (SSSR count). The van der Waals surface area contributed by atoms with Crippen LogP contribution >= 0.6 is 11.3 Å². The van der Waals surface area contributed by atoms with Crippen LogP contribution in [0.15, 0.2) is 24.4 Å². The Hall–Kier alpha value is -2.06. The highest BCUT2D eigenvalue weighted by Crippen LogP contribution is 2.15. The number of aryl methyl sites for hydroxylation is 1. The maximum atomic E-state index is 12.2. The number of pyridine rings is 1. The third-order valence-electron chi connectivity index (χ3n) is 4.11. The standard InChI is InChI=1S/C17H23N5O2S/c1-13-20-21-16(25-13)5-9-19-17(23)22-10-6-15(7-11-22)24-12-14-4-2-3-8-18-14/h2-4,8,15H,5-7,9-12H2,1H3,(H,19,23). The first-order chi connectivity index (χ1) is 12.2. The normalized spacial score (nSPS) is 15.3. The number of nitrogens with one attached hydrogen (secondary N) is 1. The second-order valence-electron chi connectivity index (χ2n) is 6.02. The van der Waals surface area contributed by atoms with Crippen LogP contribution in [0.4, 0.5) is 4.79 Å². The van der Waals surface area contributed by atoms with Crippen molar-refractivity contribution in [2.75, 3.05) is 19.6 Å². The zero-order valence-corrected chi connectivity index (χ0v) is 15.2. The van der Waals surface area contributed by atoms with Gasteiger partial charge in [0.2, 0.25) is 0 Å². The molecule has 0 atom stereocenters. The smallest absolute Gasteiger partial charge is 0.317 e. The van der Waals surface area contributed by atoms with Gasteiger partial charge in [-0.1, -0.05) is 6.07 Å². The molecule has 7 nitrogen and oxygen atoms in total. The van der Waals surface area contributed by atoms with Crippen LogP contribution in [0.2, 0.25) is 0 Å². The summed E-state index contributed by atoms with van der Waals surface area (Å²) in [5, 5.41) is 12.9. The summed E-state index contributed by atoms with van der Waals surface area (Å²) in [4.78, 5) is 18.3. The average molecular weight is 361 g/mol. The van der Waals surface area contributed by atoms with Crippen molar-refractivity contribution in [3.8, 4) is 0 Å². The number of carbonyl (C=O) groups is 1. The Morgan fingerprint density at radius 1 is 1.36 bits per heavy atom. The van der Waals surface area contributed by atoms with Crippen LogP contribution in [0.3, 0.4) is 0 Å². The second-order valence-corrected chi connectivity index (χ2v) is 7.28. The van der Waals surface area contributed by atoms with Gasteiger partial charge in [-0.3, -0.25) is 4.98 Å². The summed E-state index contributed by atoms with van der Waals surface area (Å²) < 4.78 is 5.90. The number of piperidine rings is 1. The summed E-state index contributed by atoms with van der Waals surface area (Å²) in [5.74, 6) is 0. The molecule has 1 fully saturated rings. The number of aromatic nitrogens is 3. The second kappa shape index (κ2) is 8.87. The van der Waals surface area contributed by atoms with Crippen molar-refractivity contribution >= 4 is 17.4 Å². The van der Waals surface area contributed by atoms with Gasteiger partial charge in [-0.05, 0) is 31.9 Å². The molecule has 1 saturated heterocycles. The number of urea groups is 1. The van der Waals surface area contributed by atoms with Crippen LogP contribution in [-0.2, 0) is 17.8 Å². The first-order valence-electron chi connectivity index (χ1n) is 8.54. The quantitative estimate of drug-likeness (QED) is 0.853.